The number of rotatable bonds is 1. The Morgan fingerprint density at radius 3 is 2.33 bits per heavy atom. The first-order valence-corrected chi connectivity index (χ1v) is 5.53. The lowest BCUT2D eigenvalue weighted by Crippen LogP contribution is -2.43. The van der Waals surface area contributed by atoms with Gasteiger partial charge >= 0.3 is 0 Å². The highest BCUT2D eigenvalue weighted by molar-refractivity contribution is 5.92. The van der Waals surface area contributed by atoms with Gasteiger partial charge in [0.1, 0.15) is 5.78 Å². The van der Waals surface area contributed by atoms with Crippen molar-refractivity contribution in [2.75, 3.05) is 0 Å². The Kier molecular flexibility index (Phi) is 2.22. The van der Waals surface area contributed by atoms with Crippen molar-refractivity contribution in [1.29, 1.82) is 0 Å². The van der Waals surface area contributed by atoms with Gasteiger partial charge in [-0.2, -0.15) is 0 Å². The van der Waals surface area contributed by atoms with E-state index in [-0.39, 0.29) is 5.41 Å². The fraction of sp³-hybridized carbons (Fsp3) is 0.500. The summed E-state index contributed by atoms with van der Waals surface area (Å²) in [6, 6.07) is 6.55. The molecule has 1 saturated carbocycles. The number of hydrogen-bond acceptors (Lipinski definition) is 1. The van der Waals surface area contributed by atoms with Gasteiger partial charge in [-0.05, 0) is 30.5 Å². The van der Waals surface area contributed by atoms with Crippen LogP contribution in [0.25, 0.3) is 0 Å². The summed E-state index contributed by atoms with van der Waals surface area (Å²) in [6.45, 7) is 8.36. The van der Waals surface area contributed by atoms with Crippen molar-refractivity contribution < 1.29 is 4.79 Å². The molecule has 2 rings (SSSR count). The molecule has 0 N–H and O–H groups in total. The molecule has 0 bridgehead atoms. The molecule has 0 spiro atoms. The molecule has 0 heterocycles. The Morgan fingerprint density at radius 2 is 1.87 bits per heavy atom. The van der Waals surface area contributed by atoms with Crippen molar-refractivity contribution in [1.82, 2.24) is 0 Å². The fourth-order valence-electron chi connectivity index (χ4n) is 2.28. The van der Waals surface area contributed by atoms with Crippen molar-refractivity contribution in [3.8, 4) is 0 Å². The molecule has 0 aromatic heterocycles. The monoisotopic (exact) mass is 202 g/mol. The molecule has 1 fully saturated rings. The average Bonchev–Trinajstić information content (AvgIpc) is 2.19. The molecule has 1 aliphatic rings. The Balaban J connectivity index is 2.32. The second-order valence-electron chi connectivity index (χ2n) is 5.25. The number of hydrogen-bond donors (Lipinski definition) is 0. The van der Waals surface area contributed by atoms with Gasteiger partial charge in [-0.3, -0.25) is 4.79 Å². The van der Waals surface area contributed by atoms with E-state index in [1.165, 1.54) is 16.7 Å². The van der Waals surface area contributed by atoms with Crippen molar-refractivity contribution in [2.24, 2.45) is 5.41 Å². The predicted octanol–water partition coefficient (Wildman–Crippen LogP) is 3.39. The van der Waals surface area contributed by atoms with Crippen molar-refractivity contribution >= 4 is 5.78 Å². The van der Waals surface area contributed by atoms with E-state index < -0.39 is 0 Å². The number of benzene rings is 1. The van der Waals surface area contributed by atoms with E-state index in [0.29, 0.717) is 11.7 Å². The molecule has 1 atom stereocenters. The third-order valence-electron chi connectivity index (χ3n) is 3.91. The molecule has 15 heavy (non-hydrogen) atoms. The first-order valence-electron chi connectivity index (χ1n) is 5.53. The van der Waals surface area contributed by atoms with Crippen LogP contribution in [0.1, 0.15) is 42.9 Å². The number of carbonyl (C=O) groups excluding carboxylic acids is 1. The summed E-state index contributed by atoms with van der Waals surface area (Å²) >= 11 is 0. The summed E-state index contributed by atoms with van der Waals surface area (Å²) in [4.78, 5) is 11.5. The van der Waals surface area contributed by atoms with Gasteiger partial charge < -0.3 is 0 Å². The van der Waals surface area contributed by atoms with Crippen LogP contribution >= 0.6 is 0 Å². The largest absolute Gasteiger partial charge is 0.299 e. The third-order valence-corrected chi connectivity index (χ3v) is 3.91. The van der Waals surface area contributed by atoms with Gasteiger partial charge in [0.15, 0.2) is 0 Å². The number of carbonyl (C=O) groups is 1. The minimum Gasteiger partial charge on any atom is -0.299 e. The molecule has 1 heteroatoms. The van der Waals surface area contributed by atoms with Crippen molar-refractivity contribution in [3.63, 3.8) is 0 Å². The Labute approximate surface area is 91.5 Å². The smallest absolute Gasteiger partial charge is 0.139 e. The van der Waals surface area contributed by atoms with Gasteiger partial charge in [0.2, 0.25) is 0 Å². The highest BCUT2D eigenvalue weighted by Crippen LogP contribution is 2.49. The topological polar surface area (TPSA) is 17.1 Å². The fourth-order valence-corrected chi connectivity index (χ4v) is 2.28. The van der Waals surface area contributed by atoms with Crippen LogP contribution in [-0.4, -0.2) is 5.78 Å². The Morgan fingerprint density at radius 1 is 1.20 bits per heavy atom. The summed E-state index contributed by atoms with van der Waals surface area (Å²) in [7, 11) is 0. The zero-order chi connectivity index (χ0) is 11.2. The number of Topliss-reactive ketones (excluding diaryl/α,β-unsaturated/α-hetero) is 1. The second-order valence-corrected chi connectivity index (χ2v) is 5.25. The maximum absolute atomic E-state index is 11.5. The number of aryl methyl sites for hydroxylation is 2. The lowest BCUT2D eigenvalue weighted by Gasteiger charge is -2.43. The SMILES string of the molecule is Cc1ccc(C2CC(=O)C2(C)C)cc1C. The van der Waals surface area contributed by atoms with Gasteiger partial charge in [-0.1, -0.05) is 32.0 Å². The lowest BCUT2D eigenvalue weighted by molar-refractivity contribution is -0.137. The molecule has 1 aromatic rings. The van der Waals surface area contributed by atoms with Crippen LogP contribution in [0.4, 0.5) is 0 Å². The average molecular weight is 202 g/mol. The standard InChI is InChI=1S/C14H18O/c1-9-5-6-11(7-10(9)2)12-8-13(15)14(12,3)4/h5-7,12H,8H2,1-4H3. The Bertz CT molecular complexity index is 415. The molecular weight excluding hydrogens is 184 g/mol. The van der Waals surface area contributed by atoms with Crippen LogP contribution in [-0.2, 0) is 4.79 Å². The van der Waals surface area contributed by atoms with Gasteiger partial charge in [0, 0.05) is 17.8 Å². The first-order chi connectivity index (χ1) is 6.93. The molecule has 0 radical (unpaired) electrons. The minimum absolute atomic E-state index is 0.151. The zero-order valence-electron chi connectivity index (χ0n) is 9.92. The molecule has 80 valence electrons. The first kappa shape index (κ1) is 10.4. The van der Waals surface area contributed by atoms with Crippen molar-refractivity contribution in [2.45, 2.75) is 40.0 Å². The molecular formula is C14H18O. The van der Waals surface area contributed by atoms with E-state index >= 15 is 0 Å². The highest BCUT2D eigenvalue weighted by Gasteiger charge is 2.47. The molecule has 1 aliphatic carbocycles. The zero-order valence-corrected chi connectivity index (χ0v) is 9.92. The molecule has 1 aromatic carbocycles. The summed E-state index contributed by atoms with van der Waals surface area (Å²) in [5.74, 6) is 0.815. The highest BCUT2D eigenvalue weighted by atomic mass is 16.1. The summed E-state index contributed by atoms with van der Waals surface area (Å²) < 4.78 is 0. The summed E-state index contributed by atoms with van der Waals surface area (Å²) in [6.07, 6.45) is 0.718. The third kappa shape index (κ3) is 1.50. The van der Waals surface area contributed by atoms with E-state index in [9.17, 15) is 4.79 Å². The van der Waals surface area contributed by atoms with Crippen LogP contribution in [0, 0.1) is 19.3 Å². The predicted molar refractivity (Wildman–Crippen MR) is 62.1 cm³/mol. The van der Waals surface area contributed by atoms with Crippen LogP contribution in [0.2, 0.25) is 0 Å². The molecule has 0 saturated heterocycles. The van der Waals surface area contributed by atoms with E-state index in [0.717, 1.165) is 6.42 Å². The van der Waals surface area contributed by atoms with Crippen LogP contribution in [0.5, 0.6) is 0 Å². The quantitative estimate of drug-likeness (QED) is 0.682. The molecule has 0 aliphatic heterocycles. The normalized spacial score (nSPS) is 23.7. The molecule has 1 unspecified atom stereocenters. The summed E-state index contributed by atoms with van der Waals surface area (Å²) in [5.41, 5.74) is 3.81. The van der Waals surface area contributed by atoms with Gasteiger partial charge in [0.25, 0.3) is 0 Å². The van der Waals surface area contributed by atoms with Gasteiger partial charge in [-0.15, -0.1) is 0 Å². The van der Waals surface area contributed by atoms with E-state index in [1.807, 2.05) is 0 Å². The van der Waals surface area contributed by atoms with E-state index in [1.54, 1.807) is 0 Å². The van der Waals surface area contributed by atoms with Crippen LogP contribution in [0.3, 0.4) is 0 Å². The minimum atomic E-state index is -0.151. The Hall–Kier alpha value is -1.11. The molecule has 1 nitrogen and oxygen atoms in total. The van der Waals surface area contributed by atoms with Crippen molar-refractivity contribution in [3.05, 3.63) is 34.9 Å². The second kappa shape index (κ2) is 3.19. The number of ketones is 1. The van der Waals surface area contributed by atoms with Gasteiger partial charge in [-0.25, -0.2) is 0 Å². The van der Waals surface area contributed by atoms with E-state index in [4.69, 9.17) is 0 Å². The summed E-state index contributed by atoms with van der Waals surface area (Å²) in [5, 5.41) is 0. The van der Waals surface area contributed by atoms with Crippen LogP contribution < -0.4 is 0 Å². The van der Waals surface area contributed by atoms with Gasteiger partial charge in [0.05, 0.1) is 0 Å². The maximum atomic E-state index is 11.5. The molecule has 0 amide bonds. The van der Waals surface area contributed by atoms with Crippen LogP contribution in [0.15, 0.2) is 18.2 Å². The van der Waals surface area contributed by atoms with E-state index in [2.05, 4.69) is 45.9 Å². The maximum Gasteiger partial charge on any atom is 0.139 e. The lowest BCUT2D eigenvalue weighted by atomic mass is 9.59.